The van der Waals surface area contributed by atoms with Gasteiger partial charge in [0.1, 0.15) is 11.2 Å². The van der Waals surface area contributed by atoms with Crippen LogP contribution in [0.1, 0.15) is 47.2 Å². The largest absolute Gasteiger partial charge is 0.456 e. The van der Waals surface area contributed by atoms with Gasteiger partial charge in [-0.3, -0.25) is 0 Å². The van der Waals surface area contributed by atoms with Crippen LogP contribution in [0.15, 0.2) is 435 Å². The van der Waals surface area contributed by atoms with E-state index in [0.717, 1.165) is 56.7 Å². The molecular weight excluding hydrogens is 1370 g/mol. The molecule has 19 rings (SSSR count). The van der Waals surface area contributed by atoms with E-state index in [1.807, 2.05) is 24.3 Å². The van der Waals surface area contributed by atoms with Crippen molar-refractivity contribution in [2.75, 3.05) is 14.7 Å². The maximum absolute atomic E-state index is 5.94. The number of aryl methyl sites for hydroxylation is 4. The first kappa shape index (κ1) is 73.1. The summed E-state index contributed by atoms with van der Waals surface area (Å²) >= 11 is 0. The van der Waals surface area contributed by atoms with Gasteiger partial charge in [-0.1, -0.05) is 345 Å². The second-order valence-electron chi connectivity index (χ2n) is 29.5. The van der Waals surface area contributed by atoms with Crippen LogP contribution in [0.2, 0.25) is 0 Å². The highest BCUT2D eigenvalue weighted by Gasteiger charge is 2.36. The van der Waals surface area contributed by atoms with Gasteiger partial charge in [0, 0.05) is 67.4 Å². The summed E-state index contributed by atoms with van der Waals surface area (Å²) in [5.41, 5.74) is 35.1. The predicted octanol–water partition coefficient (Wildman–Crippen LogP) is 30.9. The molecule has 0 bridgehead atoms. The molecular formula is C109H89N3O. The molecule has 4 heteroatoms. The summed E-state index contributed by atoms with van der Waals surface area (Å²) < 4.78 is 5.94. The van der Waals surface area contributed by atoms with Crippen molar-refractivity contribution in [3.8, 4) is 66.8 Å². The quantitative estimate of drug-likeness (QED) is 0.108. The third-order valence-corrected chi connectivity index (χ3v) is 21.4. The van der Waals surface area contributed by atoms with Crippen molar-refractivity contribution < 1.29 is 4.42 Å². The molecule has 0 aliphatic heterocycles. The first-order chi connectivity index (χ1) is 55.4. The highest BCUT2D eigenvalue weighted by atomic mass is 16.3. The molecule has 546 valence electrons. The number of rotatable bonds is 14. The zero-order chi connectivity index (χ0) is 77.0. The molecule has 0 N–H and O–H groups in total. The number of hydrogen-bond acceptors (Lipinski definition) is 4. The van der Waals surface area contributed by atoms with E-state index in [1.54, 1.807) is 0 Å². The number of nitrogens with zero attached hydrogens (tertiary/aromatic N) is 3. The average Bonchev–Trinajstić information content (AvgIpc) is 1.56. The van der Waals surface area contributed by atoms with Crippen molar-refractivity contribution >= 4 is 73.1 Å². The number of para-hydroxylation sites is 4. The van der Waals surface area contributed by atoms with Gasteiger partial charge in [0.05, 0.1) is 0 Å². The summed E-state index contributed by atoms with van der Waals surface area (Å²) in [5, 5.41) is 2.38. The molecule has 1 aliphatic rings. The van der Waals surface area contributed by atoms with Gasteiger partial charge in [-0.2, -0.15) is 0 Å². The van der Waals surface area contributed by atoms with E-state index < -0.39 is 0 Å². The summed E-state index contributed by atoms with van der Waals surface area (Å²) in [6.45, 7) is 13.1. The Kier molecular flexibility index (Phi) is 21.6. The lowest BCUT2D eigenvalue weighted by Gasteiger charge is -2.28. The average molecular weight is 1460 g/mol. The van der Waals surface area contributed by atoms with E-state index in [4.69, 9.17) is 4.42 Å². The van der Waals surface area contributed by atoms with Crippen LogP contribution < -0.4 is 14.7 Å². The standard InChI is InChI=1S/C34H29N.C31H25N.C25H21N.C19H14O/c1-24-13-15-25(16-14-24)26-17-19-28(20-18-26)35(27-9-5-4-6-10-27)29-21-22-31-30-11-7-8-12-32(30)34(2,3)33(31)23-29;1-24-12-14-26(15-13-24)28-18-22-31(23-19-28)32(29-10-6-3-7-11-29)30-20-16-27(17-21-30)25-8-4-2-5-9-25;1-20-12-16-24(17-13-20)26(23-10-6-3-7-11-23)25-18-14-22(15-19-25)21-8-4-2-5-9-21;1-13-9-11-14(12-10-13)15-6-4-8-18-19(15)16-5-2-3-7-17(16)20-18/h4-23H,1-3H3;2-23H,1H3;2-19H,1H3;2-12H,1H3. The topological polar surface area (TPSA) is 22.9 Å². The third-order valence-electron chi connectivity index (χ3n) is 21.4. The fraction of sp³-hybridized carbons (Fsp3) is 0.0642. The van der Waals surface area contributed by atoms with E-state index in [2.05, 4.69) is 463 Å². The molecule has 0 fully saturated rings. The van der Waals surface area contributed by atoms with Crippen molar-refractivity contribution in [1.29, 1.82) is 0 Å². The van der Waals surface area contributed by atoms with Crippen LogP contribution in [-0.4, -0.2) is 0 Å². The molecule has 4 nitrogen and oxygen atoms in total. The highest BCUT2D eigenvalue weighted by Crippen LogP contribution is 2.51. The number of hydrogen-bond donors (Lipinski definition) is 0. The minimum Gasteiger partial charge on any atom is -0.456 e. The van der Waals surface area contributed by atoms with Gasteiger partial charge in [-0.05, 0) is 227 Å². The lowest BCUT2D eigenvalue weighted by Crippen LogP contribution is -2.16. The Morgan fingerprint density at radius 3 is 0.867 bits per heavy atom. The molecule has 1 aliphatic carbocycles. The van der Waals surface area contributed by atoms with Gasteiger partial charge in [-0.25, -0.2) is 0 Å². The van der Waals surface area contributed by atoms with Crippen LogP contribution in [-0.2, 0) is 5.41 Å². The Labute approximate surface area is 665 Å². The molecule has 17 aromatic carbocycles. The number of anilines is 9. The third kappa shape index (κ3) is 16.3. The first-order valence-corrected chi connectivity index (χ1v) is 38.9. The molecule has 18 aromatic rings. The van der Waals surface area contributed by atoms with Crippen molar-refractivity contribution in [2.24, 2.45) is 0 Å². The highest BCUT2D eigenvalue weighted by molar-refractivity contribution is 6.12. The van der Waals surface area contributed by atoms with Crippen molar-refractivity contribution in [3.05, 3.63) is 464 Å². The maximum atomic E-state index is 5.94. The summed E-state index contributed by atoms with van der Waals surface area (Å²) in [6, 6.07) is 153. The summed E-state index contributed by atoms with van der Waals surface area (Å²) in [4.78, 5) is 6.94. The van der Waals surface area contributed by atoms with Crippen LogP contribution in [0.25, 0.3) is 88.7 Å². The zero-order valence-electron chi connectivity index (χ0n) is 64.7. The van der Waals surface area contributed by atoms with Gasteiger partial charge in [0.15, 0.2) is 0 Å². The minimum atomic E-state index is -0.0282. The van der Waals surface area contributed by atoms with E-state index in [-0.39, 0.29) is 5.41 Å². The Morgan fingerprint density at radius 2 is 0.460 bits per heavy atom. The minimum absolute atomic E-state index is 0.0282. The van der Waals surface area contributed by atoms with Gasteiger partial charge < -0.3 is 19.1 Å². The summed E-state index contributed by atoms with van der Waals surface area (Å²) in [7, 11) is 0. The molecule has 113 heavy (non-hydrogen) atoms. The van der Waals surface area contributed by atoms with E-state index in [1.165, 1.54) is 117 Å². The van der Waals surface area contributed by atoms with Crippen LogP contribution in [0.3, 0.4) is 0 Å². The smallest absolute Gasteiger partial charge is 0.136 e. The Hall–Kier alpha value is -14.1. The lowest BCUT2D eigenvalue weighted by molar-refractivity contribution is 0.660. The molecule has 0 spiro atoms. The van der Waals surface area contributed by atoms with Gasteiger partial charge in [0.2, 0.25) is 0 Å². The number of benzene rings is 17. The van der Waals surface area contributed by atoms with Crippen LogP contribution in [0.4, 0.5) is 51.2 Å². The van der Waals surface area contributed by atoms with Gasteiger partial charge >= 0.3 is 0 Å². The molecule has 0 unspecified atom stereocenters. The summed E-state index contributed by atoms with van der Waals surface area (Å²) in [5.74, 6) is 0. The first-order valence-electron chi connectivity index (χ1n) is 38.9. The van der Waals surface area contributed by atoms with E-state index in [0.29, 0.717) is 0 Å². The molecule has 0 saturated heterocycles. The molecule has 0 radical (unpaired) electrons. The lowest BCUT2D eigenvalue weighted by atomic mass is 9.82. The Balaban J connectivity index is 0.000000116. The van der Waals surface area contributed by atoms with Crippen LogP contribution in [0, 0.1) is 27.7 Å². The maximum Gasteiger partial charge on any atom is 0.136 e. The van der Waals surface area contributed by atoms with Crippen LogP contribution >= 0.6 is 0 Å². The molecule has 0 atom stereocenters. The second kappa shape index (κ2) is 33.4. The van der Waals surface area contributed by atoms with Crippen molar-refractivity contribution in [1.82, 2.24) is 0 Å². The normalized spacial score (nSPS) is 11.5. The molecule has 0 amide bonds. The fourth-order valence-corrected chi connectivity index (χ4v) is 15.3. The Bertz CT molecular complexity index is 6150. The second-order valence-corrected chi connectivity index (χ2v) is 29.5. The summed E-state index contributed by atoms with van der Waals surface area (Å²) in [6.07, 6.45) is 0. The monoisotopic (exact) mass is 1460 g/mol. The van der Waals surface area contributed by atoms with Crippen molar-refractivity contribution in [2.45, 2.75) is 47.0 Å². The Morgan fingerprint density at radius 1 is 0.195 bits per heavy atom. The zero-order valence-corrected chi connectivity index (χ0v) is 64.7. The van der Waals surface area contributed by atoms with E-state index in [9.17, 15) is 0 Å². The molecule has 1 heterocycles. The number of fused-ring (bicyclic) bond motifs is 6. The SMILES string of the molecule is Cc1ccc(-c2ccc(N(c3ccccc3)c3ccc(-c4ccccc4)cc3)cc2)cc1.Cc1ccc(-c2ccc(N(c3ccccc3)c3ccc4c(c3)C(C)(C)c3ccccc3-4)cc2)cc1.Cc1ccc(-c2cccc3oc4ccccc4c23)cc1.Cc1ccc(N(c2ccccc2)c2ccc(-c3ccccc3)cc2)cc1. The van der Waals surface area contributed by atoms with Crippen molar-refractivity contribution in [3.63, 3.8) is 0 Å². The van der Waals surface area contributed by atoms with Gasteiger partial charge in [-0.15, -0.1) is 0 Å². The molecule has 1 aromatic heterocycles. The predicted molar refractivity (Wildman–Crippen MR) is 481 cm³/mol. The van der Waals surface area contributed by atoms with E-state index >= 15 is 0 Å². The molecule has 0 saturated carbocycles. The van der Waals surface area contributed by atoms with Crippen LogP contribution in [0.5, 0.6) is 0 Å². The fourth-order valence-electron chi connectivity index (χ4n) is 15.3. The number of furan rings is 1. The van der Waals surface area contributed by atoms with Gasteiger partial charge in [0.25, 0.3) is 0 Å².